The van der Waals surface area contributed by atoms with E-state index in [1.165, 1.54) is 16.6 Å². The lowest BCUT2D eigenvalue weighted by Crippen LogP contribution is -2.35. The Morgan fingerprint density at radius 2 is 1.90 bits per heavy atom. The summed E-state index contributed by atoms with van der Waals surface area (Å²) >= 11 is 0. The molecule has 2 atom stereocenters. The lowest BCUT2D eigenvalue weighted by atomic mass is 9.97. The second kappa shape index (κ2) is 7.91. The van der Waals surface area contributed by atoms with Crippen molar-refractivity contribution in [2.45, 2.75) is 37.3 Å². The first-order valence-electron chi connectivity index (χ1n) is 10.7. The van der Waals surface area contributed by atoms with Crippen molar-refractivity contribution < 1.29 is 9.90 Å². The molecule has 2 aromatic carbocycles. The van der Waals surface area contributed by atoms with Crippen LogP contribution in [-0.4, -0.2) is 20.8 Å². The number of carboxylic acid groups (broad SMARTS) is 1. The largest absolute Gasteiger partial charge is 0.465 e. The second-order valence-corrected chi connectivity index (χ2v) is 8.31. The van der Waals surface area contributed by atoms with Gasteiger partial charge >= 0.3 is 6.09 Å². The summed E-state index contributed by atoms with van der Waals surface area (Å²) in [4.78, 5) is 15.7. The highest BCUT2D eigenvalue weighted by Gasteiger charge is 2.57. The number of rotatable bonds is 7. The van der Waals surface area contributed by atoms with Crippen molar-refractivity contribution in [1.82, 2.24) is 14.9 Å². The van der Waals surface area contributed by atoms with E-state index in [4.69, 9.17) is 0 Å². The molecule has 0 bridgehead atoms. The van der Waals surface area contributed by atoms with Gasteiger partial charge in [-0.25, -0.2) is 4.79 Å². The van der Waals surface area contributed by atoms with Gasteiger partial charge in [0.05, 0.1) is 5.54 Å². The van der Waals surface area contributed by atoms with E-state index in [1.54, 1.807) is 0 Å². The van der Waals surface area contributed by atoms with E-state index < -0.39 is 11.6 Å². The highest BCUT2D eigenvalue weighted by molar-refractivity contribution is 5.82. The minimum atomic E-state index is -0.979. The lowest BCUT2D eigenvalue weighted by Gasteiger charge is -2.19. The van der Waals surface area contributed by atoms with Gasteiger partial charge in [0.2, 0.25) is 0 Å². The number of nitrogens with zero attached hydrogens (tertiary/aromatic N) is 2. The highest BCUT2D eigenvalue weighted by Crippen LogP contribution is 2.58. The van der Waals surface area contributed by atoms with Crippen LogP contribution in [0.25, 0.3) is 10.9 Å². The zero-order valence-electron chi connectivity index (χ0n) is 17.2. The Morgan fingerprint density at radius 1 is 1.10 bits per heavy atom. The molecule has 1 saturated carbocycles. The number of carbonyl (C=O) groups is 1. The number of benzene rings is 2. The third-order valence-electron chi connectivity index (χ3n) is 6.39. The van der Waals surface area contributed by atoms with E-state index in [9.17, 15) is 9.90 Å². The molecule has 1 aliphatic rings. The predicted octanol–water partition coefficient (Wildman–Crippen LogP) is 5.32. The van der Waals surface area contributed by atoms with Crippen molar-refractivity contribution >= 4 is 17.0 Å². The molecule has 4 aromatic rings. The standard InChI is InChI=1S/C26H25N3O2/c30-25(31)28-26(18-23(26)20-6-2-1-3-7-20)22-8-9-24-21(17-22)12-16-29(24)15-4-5-19-10-13-27-14-11-19/h1-3,6-14,16-17,23,28H,4-5,15,18H2,(H,30,31). The number of aromatic nitrogens is 2. The summed E-state index contributed by atoms with van der Waals surface area (Å²) in [5.41, 5.74) is 4.14. The van der Waals surface area contributed by atoms with Gasteiger partial charge in [-0.05, 0) is 71.7 Å². The molecule has 0 radical (unpaired) electrons. The molecule has 5 rings (SSSR count). The van der Waals surface area contributed by atoms with Crippen molar-refractivity contribution in [1.29, 1.82) is 0 Å². The van der Waals surface area contributed by atoms with E-state index in [0.29, 0.717) is 0 Å². The van der Waals surface area contributed by atoms with Crippen molar-refractivity contribution in [3.63, 3.8) is 0 Å². The average Bonchev–Trinajstić information content (AvgIpc) is 3.37. The fourth-order valence-electron chi connectivity index (χ4n) is 4.75. The Morgan fingerprint density at radius 3 is 2.68 bits per heavy atom. The molecule has 2 N–H and O–H groups in total. The van der Waals surface area contributed by atoms with E-state index in [1.807, 2.05) is 30.6 Å². The molecule has 5 nitrogen and oxygen atoms in total. The summed E-state index contributed by atoms with van der Waals surface area (Å²) in [5.74, 6) is 0.157. The highest BCUT2D eigenvalue weighted by atomic mass is 16.4. The zero-order chi connectivity index (χ0) is 21.3. The second-order valence-electron chi connectivity index (χ2n) is 8.31. The summed E-state index contributed by atoms with van der Waals surface area (Å²) in [5, 5.41) is 13.5. The molecule has 2 heterocycles. The molecular formula is C26H25N3O2. The third kappa shape index (κ3) is 3.79. The fourth-order valence-corrected chi connectivity index (χ4v) is 4.75. The molecule has 1 fully saturated rings. The van der Waals surface area contributed by atoms with E-state index in [-0.39, 0.29) is 5.92 Å². The monoisotopic (exact) mass is 411 g/mol. The molecule has 0 spiro atoms. The van der Waals surface area contributed by atoms with Gasteiger partial charge in [-0.15, -0.1) is 0 Å². The predicted molar refractivity (Wildman–Crippen MR) is 121 cm³/mol. The van der Waals surface area contributed by atoms with Crippen LogP contribution in [0.4, 0.5) is 4.79 Å². The molecule has 31 heavy (non-hydrogen) atoms. The van der Waals surface area contributed by atoms with Gasteiger partial charge in [-0.3, -0.25) is 4.98 Å². The van der Waals surface area contributed by atoms with Crippen LogP contribution < -0.4 is 5.32 Å². The van der Waals surface area contributed by atoms with Crippen LogP contribution in [0.2, 0.25) is 0 Å². The number of aryl methyl sites for hydroxylation is 2. The third-order valence-corrected chi connectivity index (χ3v) is 6.39. The number of hydrogen-bond acceptors (Lipinski definition) is 2. The minimum Gasteiger partial charge on any atom is -0.465 e. The maximum atomic E-state index is 11.6. The number of pyridine rings is 1. The van der Waals surface area contributed by atoms with Crippen molar-refractivity contribution in [3.05, 3.63) is 102 Å². The summed E-state index contributed by atoms with van der Waals surface area (Å²) < 4.78 is 2.28. The molecule has 156 valence electrons. The van der Waals surface area contributed by atoms with Crippen LogP contribution in [0, 0.1) is 0 Å². The van der Waals surface area contributed by atoms with Crippen molar-refractivity contribution in [2.24, 2.45) is 0 Å². The van der Waals surface area contributed by atoms with Gasteiger partial charge in [0.1, 0.15) is 0 Å². The van der Waals surface area contributed by atoms with Crippen molar-refractivity contribution in [3.8, 4) is 0 Å². The van der Waals surface area contributed by atoms with Crippen LogP contribution >= 0.6 is 0 Å². The maximum Gasteiger partial charge on any atom is 0.405 e. The van der Waals surface area contributed by atoms with Gasteiger partial charge in [-0.2, -0.15) is 0 Å². The normalized spacial score (nSPS) is 19.9. The molecular weight excluding hydrogens is 386 g/mol. The van der Waals surface area contributed by atoms with E-state index in [0.717, 1.165) is 36.8 Å². The molecule has 1 amide bonds. The van der Waals surface area contributed by atoms with Crippen LogP contribution in [-0.2, 0) is 18.5 Å². The average molecular weight is 412 g/mol. The van der Waals surface area contributed by atoms with E-state index >= 15 is 0 Å². The minimum absolute atomic E-state index is 0.157. The number of hydrogen-bond donors (Lipinski definition) is 2. The van der Waals surface area contributed by atoms with Crippen LogP contribution in [0.1, 0.15) is 35.4 Å². The lowest BCUT2D eigenvalue weighted by molar-refractivity contribution is 0.188. The van der Waals surface area contributed by atoms with Gasteiger partial charge in [0.15, 0.2) is 0 Å². The number of fused-ring (bicyclic) bond motifs is 1. The van der Waals surface area contributed by atoms with Crippen LogP contribution in [0.15, 0.2) is 85.3 Å². The molecule has 0 saturated heterocycles. The van der Waals surface area contributed by atoms with Crippen LogP contribution in [0.3, 0.4) is 0 Å². The first-order valence-corrected chi connectivity index (χ1v) is 10.7. The zero-order valence-corrected chi connectivity index (χ0v) is 17.2. The van der Waals surface area contributed by atoms with Gasteiger partial charge in [-0.1, -0.05) is 36.4 Å². The summed E-state index contributed by atoms with van der Waals surface area (Å²) in [7, 11) is 0. The summed E-state index contributed by atoms with van der Waals surface area (Å²) in [6.07, 6.45) is 7.67. The Hall–Kier alpha value is -3.60. The Kier molecular flexibility index (Phi) is 4.94. The molecule has 5 heteroatoms. The Balaban J connectivity index is 1.37. The SMILES string of the molecule is O=C(O)NC1(c2ccc3c(ccn3CCCc3ccncc3)c2)CC1c1ccccc1. The summed E-state index contributed by atoms with van der Waals surface area (Å²) in [6, 6.07) is 22.8. The first-order chi connectivity index (χ1) is 15.2. The van der Waals surface area contributed by atoms with Crippen LogP contribution in [0.5, 0.6) is 0 Å². The maximum absolute atomic E-state index is 11.6. The molecule has 2 aromatic heterocycles. The van der Waals surface area contributed by atoms with Gasteiger partial charge in [0.25, 0.3) is 0 Å². The van der Waals surface area contributed by atoms with Gasteiger partial charge in [0, 0.05) is 36.6 Å². The topological polar surface area (TPSA) is 67.2 Å². The fraction of sp³-hybridized carbons (Fsp3) is 0.231. The van der Waals surface area contributed by atoms with Gasteiger partial charge < -0.3 is 15.0 Å². The Labute approximate surface area is 181 Å². The Bertz CT molecular complexity index is 1200. The molecule has 2 unspecified atom stereocenters. The van der Waals surface area contributed by atoms with Crippen molar-refractivity contribution in [2.75, 3.05) is 0 Å². The molecule has 0 aliphatic heterocycles. The van der Waals surface area contributed by atoms with E-state index in [2.05, 4.69) is 69.6 Å². The first kappa shape index (κ1) is 19.4. The number of amides is 1. The molecule has 1 aliphatic carbocycles. The quantitative estimate of drug-likeness (QED) is 0.432. The number of nitrogens with one attached hydrogen (secondary N) is 1. The smallest absolute Gasteiger partial charge is 0.405 e. The summed E-state index contributed by atoms with van der Waals surface area (Å²) in [6.45, 7) is 0.941.